The summed E-state index contributed by atoms with van der Waals surface area (Å²) in [6.07, 6.45) is 1.18. The summed E-state index contributed by atoms with van der Waals surface area (Å²) in [6.45, 7) is 8.84. The molecule has 11 heteroatoms. The third-order valence-electron chi connectivity index (χ3n) is 8.20. The molecule has 2 aromatic carbocycles. The lowest BCUT2D eigenvalue weighted by molar-refractivity contribution is -0.179. The van der Waals surface area contributed by atoms with E-state index in [1.165, 1.54) is 18.2 Å². The summed E-state index contributed by atoms with van der Waals surface area (Å²) >= 11 is 6.08. The van der Waals surface area contributed by atoms with Crippen LogP contribution in [0.1, 0.15) is 64.7 Å². The second-order valence-electron chi connectivity index (χ2n) is 13.1. The molecule has 0 unspecified atom stereocenters. The summed E-state index contributed by atoms with van der Waals surface area (Å²) in [4.78, 5) is 53.4. The second-order valence-corrected chi connectivity index (χ2v) is 13.5. The molecule has 0 bridgehead atoms. The fourth-order valence-corrected chi connectivity index (χ4v) is 5.51. The molecule has 2 aliphatic rings. The van der Waals surface area contributed by atoms with Crippen LogP contribution >= 0.6 is 11.6 Å². The second kappa shape index (κ2) is 15.1. The normalized spacial score (nSPS) is 27.2. The Hall–Kier alpha value is -3.89. The number of benzene rings is 2. The molecule has 0 aromatic heterocycles. The number of amides is 2. The van der Waals surface area contributed by atoms with Crippen LogP contribution < -0.4 is 10.6 Å². The third-order valence-corrected chi connectivity index (χ3v) is 8.51. The highest BCUT2D eigenvalue weighted by Gasteiger charge is 2.48. The first-order chi connectivity index (χ1) is 21.7. The highest BCUT2D eigenvalue weighted by atomic mass is 35.5. The Morgan fingerprint density at radius 2 is 1.74 bits per heavy atom. The summed E-state index contributed by atoms with van der Waals surface area (Å²) in [6, 6.07) is 13.3. The van der Waals surface area contributed by atoms with Gasteiger partial charge in [0.25, 0.3) is 0 Å². The maximum absolute atomic E-state index is 13.5. The summed E-state index contributed by atoms with van der Waals surface area (Å²) in [5.41, 5.74) is 0.410. The summed E-state index contributed by atoms with van der Waals surface area (Å²) in [5, 5.41) is 15.4. The van der Waals surface area contributed by atoms with Crippen molar-refractivity contribution in [1.29, 1.82) is 0 Å². The van der Waals surface area contributed by atoms with Crippen molar-refractivity contribution in [3.05, 3.63) is 76.8 Å². The smallest absolute Gasteiger partial charge is 0.347 e. The highest BCUT2D eigenvalue weighted by Crippen LogP contribution is 2.45. The fourth-order valence-electron chi connectivity index (χ4n) is 5.31. The molecule has 10 nitrogen and oxygen atoms in total. The van der Waals surface area contributed by atoms with Gasteiger partial charge in [0.2, 0.25) is 11.8 Å². The van der Waals surface area contributed by atoms with Crippen LogP contribution in [0.5, 0.6) is 5.75 Å². The lowest BCUT2D eigenvalue weighted by Crippen LogP contribution is -2.51. The number of epoxide rings is 1. The molecular weight excluding hydrogens is 612 g/mol. The maximum Gasteiger partial charge on any atom is 0.347 e. The number of halogens is 1. The topological polar surface area (TPSA) is 144 Å². The molecule has 1 fully saturated rings. The van der Waals surface area contributed by atoms with E-state index in [0.717, 1.165) is 5.56 Å². The van der Waals surface area contributed by atoms with Gasteiger partial charge in [0, 0.05) is 25.3 Å². The molecule has 4 rings (SSSR count). The standard InChI is InChI=1S/C35H43ClN2O8/c1-20(2)16-28-33(42)44-27(21(3)30-31(46-30)23-10-7-6-8-11-23)12-9-13-29(40)38-25(18-22-14-15-26(39)24(36)17-22)32(41)37-19-35(4,5)34(43)45-28/h6-11,13-15,17,20-21,25,27-28,30-31,39H,12,16,18-19H2,1-5H3,(H,37,41)(H,38,40)/b13-9+/t21-,25+,27-,28-,30-,31-/m0/s1. The zero-order valence-corrected chi connectivity index (χ0v) is 27.6. The molecule has 6 atom stereocenters. The number of nitrogens with one attached hydrogen (secondary N) is 2. The van der Waals surface area contributed by atoms with Gasteiger partial charge in [-0.2, -0.15) is 0 Å². The highest BCUT2D eigenvalue weighted by molar-refractivity contribution is 6.32. The number of esters is 2. The van der Waals surface area contributed by atoms with E-state index >= 15 is 0 Å². The van der Waals surface area contributed by atoms with Gasteiger partial charge >= 0.3 is 11.9 Å². The van der Waals surface area contributed by atoms with Gasteiger partial charge in [-0.3, -0.25) is 14.4 Å². The summed E-state index contributed by atoms with van der Waals surface area (Å²) in [7, 11) is 0. The SMILES string of the molecule is CC(C)C[C@@H]1OC(=O)C(C)(C)CNC(=O)[C@@H](Cc2ccc(O)c(Cl)c2)NC(=O)/C=C/C[C@@H]([C@H](C)[C@@H]2O[C@H]2c2ccccc2)OC1=O. The van der Waals surface area contributed by atoms with E-state index in [0.29, 0.717) is 5.56 Å². The molecular formula is C35H43ClN2O8. The van der Waals surface area contributed by atoms with Crippen molar-refractivity contribution in [2.45, 2.75) is 84.3 Å². The first kappa shape index (κ1) is 35.0. The predicted octanol–water partition coefficient (Wildman–Crippen LogP) is 4.82. The first-order valence-corrected chi connectivity index (χ1v) is 16.0. The number of rotatable bonds is 7. The number of ether oxygens (including phenoxy) is 3. The van der Waals surface area contributed by atoms with Crippen molar-refractivity contribution in [3.63, 3.8) is 0 Å². The Balaban J connectivity index is 1.61. The summed E-state index contributed by atoms with van der Waals surface area (Å²) in [5.74, 6) is -2.75. The minimum Gasteiger partial charge on any atom is -0.506 e. The van der Waals surface area contributed by atoms with Crippen LogP contribution in [0.25, 0.3) is 0 Å². The Kier molecular flexibility index (Phi) is 11.5. The lowest BCUT2D eigenvalue weighted by atomic mass is 9.92. The third kappa shape index (κ3) is 9.33. The van der Waals surface area contributed by atoms with Crippen molar-refractivity contribution in [3.8, 4) is 5.75 Å². The molecule has 3 N–H and O–H groups in total. The van der Waals surface area contributed by atoms with Crippen LogP contribution in [0.3, 0.4) is 0 Å². The van der Waals surface area contributed by atoms with Crippen LogP contribution in [0.4, 0.5) is 0 Å². The van der Waals surface area contributed by atoms with E-state index in [9.17, 15) is 24.3 Å². The molecule has 0 saturated carbocycles. The van der Waals surface area contributed by atoms with Crippen molar-refractivity contribution in [2.75, 3.05) is 6.54 Å². The zero-order chi connectivity index (χ0) is 33.6. The number of phenolic OH excluding ortho intramolecular Hbond substituents is 1. The van der Waals surface area contributed by atoms with Crippen molar-refractivity contribution >= 4 is 35.4 Å². The van der Waals surface area contributed by atoms with Gasteiger partial charge in [-0.15, -0.1) is 0 Å². The van der Waals surface area contributed by atoms with Crippen molar-refractivity contribution in [1.82, 2.24) is 10.6 Å². The van der Waals surface area contributed by atoms with E-state index in [2.05, 4.69) is 10.6 Å². The molecule has 2 aliphatic heterocycles. The van der Waals surface area contributed by atoms with E-state index in [1.54, 1.807) is 26.0 Å². The van der Waals surface area contributed by atoms with Crippen LogP contribution in [0, 0.1) is 17.3 Å². The van der Waals surface area contributed by atoms with Gasteiger partial charge in [-0.25, -0.2) is 4.79 Å². The average molecular weight is 655 g/mol. The van der Waals surface area contributed by atoms with E-state index in [-0.39, 0.29) is 60.6 Å². The molecule has 2 aromatic rings. The zero-order valence-electron chi connectivity index (χ0n) is 26.8. The molecule has 0 aliphatic carbocycles. The predicted molar refractivity (Wildman–Crippen MR) is 172 cm³/mol. The van der Waals surface area contributed by atoms with Crippen molar-refractivity contribution in [2.24, 2.45) is 17.3 Å². The van der Waals surface area contributed by atoms with Crippen molar-refractivity contribution < 1.29 is 38.5 Å². The Morgan fingerprint density at radius 3 is 2.41 bits per heavy atom. The quantitative estimate of drug-likeness (QED) is 0.285. The number of carbonyl (C=O) groups is 4. The minimum absolute atomic E-state index is 0.0154. The first-order valence-electron chi connectivity index (χ1n) is 15.6. The van der Waals surface area contributed by atoms with Crippen LogP contribution in [-0.4, -0.2) is 59.8 Å². The fraction of sp³-hybridized carbons (Fsp3) is 0.486. The Morgan fingerprint density at radius 1 is 1.02 bits per heavy atom. The maximum atomic E-state index is 13.5. The minimum atomic E-state index is -1.21. The molecule has 0 spiro atoms. The number of hydrogen-bond donors (Lipinski definition) is 3. The van der Waals surface area contributed by atoms with E-state index in [1.807, 2.05) is 51.1 Å². The van der Waals surface area contributed by atoms with E-state index in [4.69, 9.17) is 25.8 Å². The van der Waals surface area contributed by atoms with E-state index < -0.39 is 47.4 Å². The number of aromatic hydroxyl groups is 1. The van der Waals surface area contributed by atoms with Crippen LogP contribution in [0.15, 0.2) is 60.7 Å². The molecule has 248 valence electrons. The molecule has 46 heavy (non-hydrogen) atoms. The largest absolute Gasteiger partial charge is 0.506 e. The molecule has 0 radical (unpaired) electrons. The molecule has 1 saturated heterocycles. The van der Waals surface area contributed by atoms with Gasteiger partial charge in [-0.1, -0.05) is 74.8 Å². The molecule has 2 heterocycles. The van der Waals surface area contributed by atoms with Crippen LogP contribution in [0.2, 0.25) is 5.02 Å². The van der Waals surface area contributed by atoms with Gasteiger partial charge in [0.15, 0.2) is 6.10 Å². The number of cyclic esters (lactones) is 2. The van der Waals surface area contributed by atoms with Crippen LogP contribution in [-0.2, 0) is 39.8 Å². The Labute approximate surface area is 274 Å². The van der Waals surface area contributed by atoms with Gasteiger partial charge in [-0.05, 0) is 55.5 Å². The lowest BCUT2D eigenvalue weighted by Gasteiger charge is -2.29. The van der Waals surface area contributed by atoms with Gasteiger partial charge in [0.05, 0.1) is 16.5 Å². The molecule has 2 amide bonds. The van der Waals surface area contributed by atoms with Gasteiger partial charge in [0.1, 0.15) is 24.0 Å². The number of hydrogen-bond acceptors (Lipinski definition) is 8. The summed E-state index contributed by atoms with van der Waals surface area (Å²) < 4.78 is 17.8. The Bertz CT molecular complexity index is 1440. The van der Waals surface area contributed by atoms with Gasteiger partial charge < -0.3 is 30.0 Å². The number of carbonyl (C=O) groups excluding carboxylic acids is 4. The average Bonchev–Trinajstić information content (AvgIpc) is 3.81. The monoisotopic (exact) mass is 654 g/mol. The number of phenols is 1.